The molecule has 0 saturated heterocycles. The number of nitrogens with two attached hydrogens (primary N) is 3. The number of carbonyl (C=O) groups is 1. The SMILES string of the molecule is NC(=O)N(Cc1ccccc1)N=C(N)N. The number of urea groups is 1. The molecule has 1 aromatic rings. The van der Waals surface area contributed by atoms with Gasteiger partial charge in [0.2, 0.25) is 5.96 Å². The number of nitrogens with zero attached hydrogens (tertiary/aromatic N) is 2. The number of hydrazone groups is 1. The van der Waals surface area contributed by atoms with Crippen LogP contribution < -0.4 is 17.2 Å². The molecule has 15 heavy (non-hydrogen) atoms. The molecular weight excluding hydrogens is 194 g/mol. The first kappa shape index (κ1) is 10.8. The maximum atomic E-state index is 11.0. The van der Waals surface area contributed by atoms with Gasteiger partial charge in [0.25, 0.3) is 0 Å². The number of guanidine groups is 1. The molecule has 0 aromatic heterocycles. The Morgan fingerprint density at radius 2 is 1.80 bits per heavy atom. The molecule has 6 N–H and O–H groups in total. The van der Waals surface area contributed by atoms with Crippen LogP contribution in [0.4, 0.5) is 4.79 Å². The third-order valence-corrected chi connectivity index (χ3v) is 1.67. The molecule has 6 heteroatoms. The van der Waals surface area contributed by atoms with Gasteiger partial charge in [-0.2, -0.15) is 0 Å². The lowest BCUT2D eigenvalue weighted by Gasteiger charge is -2.14. The Morgan fingerprint density at radius 1 is 1.20 bits per heavy atom. The van der Waals surface area contributed by atoms with Crippen LogP contribution in [0.15, 0.2) is 35.4 Å². The summed E-state index contributed by atoms with van der Waals surface area (Å²) in [4.78, 5) is 11.0. The van der Waals surface area contributed by atoms with E-state index in [4.69, 9.17) is 17.2 Å². The van der Waals surface area contributed by atoms with Crippen molar-refractivity contribution in [2.24, 2.45) is 22.3 Å². The highest BCUT2D eigenvalue weighted by molar-refractivity contribution is 5.79. The normalized spacial score (nSPS) is 9.33. The van der Waals surface area contributed by atoms with Gasteiger partial charge in [0.05, 0.1) is 6.54 Å². The zero-order chi connectivity index (χ0) is 11.3. The molecule has 0 heterocycles. The van der Waals surface area contributed by atoms with E-state index >= 15 is 0 Å². The van der Waals surface area contributed by atoms with Gasteiger partial charge in [-0.3, -0.25) is 0 Å². The fourth-order valence-corrected chi connectivity index (χ4v) is 1.06. The van der Waals surface area contributed by atoms with Crippen LogP contribution in [-0.4, -0.2) is 17.0 Å². The van der Waals surface area contributed by atoms with E-state index in [1.165, 1.54) is 0 Å². The van der Waals surface area contributed by atoms with E-state index in [0.29, 0.717) is 0 Å². The topological polar surface area (TPSA) is 111 Å². The van der Waals surface area contributed by atoms with E-state index in [-0.39, 0.29) is 12.5 Å². The van der Waals surface area contributed by atoms with Crippen molar-refractivity contribution in [3.8, 4) is 0 Å². The minimum atomic E-state index is -0.702. The Labute approximate surface area is 87.3 Å². The Bertz CT molecular complexity index is 358. The van der Waals surface area contributed by atoms with E-state index in [0.717, 1.165) is 10.6 Å². The lowest BCUT2D eigenvalue weighted by atomic mass is 10.2. The molecule has 1 rings (SSSR count). The molecule has 0 fully saturated rings. The van der Waals surface area contributed by atoms with Crippen LogP contribution in [0.25, 0.3) is 0 Å². The van der Waals surface area contributed by atoms with Crippen molar-refractivity contribution in [3.05, 3.63) is 35.9 Å². The number of carbonyl (C=O) groups excluding carboxylic acids is 1. The minimum Gasteiger partial charge on any atom is -0.369 e. The average Bonchev–Trinajstić information content (AvgIpc) is 2.17. The van der Waals surface area contributed by atoms with Gasteiger partial charge in [-0.25, -0.2) is 9.80 Å². The first-order valence-corrected chi connectivity index (χ1v) is 4.30. The van der Waals surface area contributed by atoms with Crippen molar-refractivity contribution in [1.29, 1.82) is 0 Å². The second kappa shape index (κ2) is 4.85. The van der Waals surface area contributed by atoms with Crippen molar-refractivity contribution in [3.63, 3.8) is 0 Å². The zero-order valence-electron chi connectivity index (χ0n) is 8.13. The summed E-state index contributed by atoms with van der Waals surface area (Å²) >= 11 is 0. The second-order valence-electron chi connectivity index (χ2n) is 2.91. The molecule has 0 spiro atoms. The smallest absolute Gasteiger partial charge is 0.335 e. The molecule has 0 aliphatic heterocycles. The number of primary amides is 1. The lowest BCUT2D eigenvalue weighted by molar-refractivity contribution is 0.207. The Balaban J connectivity index is 2.76. The average molecular weight is 207 g/mol. The highest BCUT2D eigenvalue weighted by atomic mass is 16.2. The van der Waals surface area contributed by atoms with E-state index < -0.39 is 6.03 Å². The van der Waals surface area contributed by atoms with Crippen molar-refractivity contribution in [2.75, 3.05) is 0 Å². The van der Waals surface area contributed by atoms with Gasteiger partial charge in [-0.05, 0) is 5.56 Å². The van der Waals surface area contributed by atoms with Gasteiger partial charge in [0.1, 0.15) is 0 Å². The summed E-state index contributed by atoms with van der Waals surface area (Å²) in [6, 6.07) is 8.57. The highest BCUT2D eigenvalue weighted by Gasteiger charge is 2.08. The number of rotatable bonds is 3. The fraction of sp³-hybridized carbons (Fsp3) is 0.111. The summed E-state index contributed by atoms with van der Waals surface area (Å²) in [6.45, 7) is 0.244. The predicted octanol–water partition coefficient (Wildman–Crippen LogP) is -0.244. The Hall–Kier alpha value is -2.24. The largest absolute Gasteiger partial charge is 0.369 e. The second-order valence-corrected chi connectivity index (χ2v) is 2.91. The summed E-state index contributed by atoms with van der Waals surface area (Å²) in [5, 5.41) is 4.61. The first-order chi connectivity index (χ1) is 7.09. The number of hydrogen-bond donors (Lipinski definition) is 3. The summed E-state index contributed by atoms with van der Waals surface area (Å²) in [6.07, 6.45) is 0. The van der Waals surface area contributed by atoms with E-state index in [9.17, 15) is 4.79 Å². The van der Waals surface area contributed by atoms with E-state index in [1.54, 1.807) is 0 Å². The summed E-state index contributed by atoms with van der Waals surface area (Å²) in [5.41, 5.74) is 16.3. The van der Waals surface area contributed by atoms with Crippen LogP contribution in [0.1, 0.15) is 5.56 Å². The van der Waals surface area contributed by atoms with Gasteiger partial charge < -0.3 is 17.2 Å². The molecule has 0 atom stereocenters. The van der Waals surface area contributed by atoms with Gasteiger partial charge in [0.15, 0.2) is 0 Å². The predicted molar refractivity (Wildman–Crippen MR) is 57.4 cm³/mol. The molecule has 0 saturated carbocycles. The molecule has 1 aromatic carbocycles. The van der Waals surface area contributed by atoms with Crippen LogP contribution in [-0.2, 0) is 6.54 Å². The van der Waals surface area contributed by atoms with Crippen LogP contribution in [0.3, 0.4) is 0 Å². The fourth-order valence-electron chi connectivity index (χ4n) is 1.06. The minimum absolute atomic E-state index is 0.204. The molecule has 80 valence electrons. The summed E-state index contributed by atoms with van der Waals surface area (Å²) < 4.78 is 0. The van der Waals surface area contributed by atoms with Crippen molar-refractivity contribution in [2.45, 2.75) is 6.54 Å². The van der Waals surface area contributed by atoms with Crippen LogP contribution in [0.5, 0.6) is 0 Å². The van der Waals surface area contributed by atoms with Crippen molar-refractivity contribution >= 4 is 12.0 Å². The summed E-state index contributed by atoms with van der Waals surface area (Å²) in [5.74, 6) is -0.204. The number of benzene rings is 1. The third-order valence-electron chi connectivity index (χ3n) is 1.67. The maximum absolute atomic E-state index is 11.0. The third kappa shape index (κ3) is 3.55. The lowest BCUT2D eigenvalue weighted by Crippen LogP contribution is -2.35. The van der Waals surface area contributed by atoms with Gasteiger partial charge in [0, 0.05) is 0 Å². The first-order valence-electron chi connectivity index (χ1n) is 4.30. The van der Waals surface area contributed by atoms with Crippen LogP contribution in [0.2, 0.25) is 0 Å². The Kier molecular flexibility index (Phi) is 3.50. The van der Waals surface area contributed by atoms with E-state index in [1.807, 2.05) is 30.3 Å². The van der Waals surface area contributed by atoms with Gasteiger partial charge >= 0.3 is 6.03 Å². The van der Waals surface area contributed by atoms with Gasteiger partial charge in [-0.15, -0.1) is 5.10 Å². The Morgan fingerprint density at radius 3 is 2.27 bits per heavy atom. The number of amides is 2. The molecule has 0 radical (unpaired) electrons. The van der Waals surface area contributed by atoms with Crippen LogP contribution >= 0.6 is 0 Å². The van der Waals surface area contributed by atoms with Crippen molar-refractivity contribution in [1.82, 2.24) is 5.01 Å². The van der Waals surface area contributed by atoms with Crippen LogP contribution in [0, 0.1) is 0 Å². The summed E-state index contributed by atoms with van der Waals surface area (Å²) in [7, 11) is 0. The molecule has 2 amide bonds. The molecule has 0 aliphatic carbocycles. The zero-order valence-corrected chi connectivity index (χ0v) is 8.13. The monoisotopic (exact) mass is 207 g/mol. The molecule has 0 unspecified atom stereocenters. The van der Waals surface area contributed by atoms with E-state index in [2.05, 4.69) is 5.10 Å². The van der Waals surface area contributed by atoms with Gasteiger partial charge in [-0.1, -0.05) is 30.3 Å². The molecule has 0 aliphatic rings. The molecule has 6 nitrogen and oxygen atoms in total. The molecular formula is C9H13N5O. The number of hydrogen-bond acceptors (Lipinski definition) is 2. The quantitative estimate of drug-likeness (QED) is 0.361. The standard InChI is InChI=1S/C9H13N5O/c10-8(11)13-14(9(12)15)6-7-4-2-1-3-5-7/h1-5H,6H2,(H2,12,15)(H4,10,11,13). The highest BCUT2D eigenvalue weighted by Crippen LogP contribution is 2.04. The maximum Gasteiger partial charge on any atom is 0.335 e. The molecule has 0 bridgehead atoms. The van der Waals surface area contributed by atoms with Crippen molar-refractivity contribution < 1.29 is 4.79 Å².